The standard InChI is InChI=1S/C18H25BrO3/c1-12(2)18-10-16(17(3,22-18)9-15(18)19)21-11-13-6-5-7-14(8-13)20-4/h5-8,12,15-16H,9-11H2,1-4H3/t15-,16+,17-,18+/m0/s1. The zero-order chi connectivity index (χ0) is 16.0. The normalized spacial score (nSPS) is 37.0. The Bertz CT molecular complexity index is 547. The van der Waals surface area contributed by atoms with E-state index in [1.807, 2.05) is 18.2 Å². The van der Waals surface area contributed by atoms with Crippen LogP contribution in [0.2, 0.25) is 0 Å². The van der Waals surface area contributed by atoms with E-state index in [0.717, 1.165) is 24.2 Å². The van der Waals surface area contributed by atoms with E-state index in [1.165, 1.54) is 0 Å². The van der Waals surface area contributed by atoms with Crippen LogP contribution in [0.5, 0.6) is 5.75 Å². The molecule has 0 aromatic heterocycles. The third kappa shape index (κ3) is 2.59. The van der Waals surface area contributed by atoms with Crippen LogP contribution >= 0.6 is 15.9 Å². The lowest BCUT2D eigenvalue weighted by Crippen LogP contribution is -2.44. The maximum absolute atomic E-state index is 6.47. The smallest absolute Gasteiger partial charge is 0.119 e. The summed E-state index contributed by atoms with van der Waals surface area (Å²) in [5.41, 5.74) is 0.866. The fourth-order valence-electron chi connectivity index (χ4n) is 3.85. The van der Waals surface area contributed by atoms with E-state index in [0.29, 0.717) is 17.4 Å². The molecule has 2 fully saturated rings. The van der Waals surface area contributed by atoms with Crippen LogP contribution in [0.4, 0.5) is 0 Å². The van der Waals surface area contributed by atoms with Crippen molar-refractivity contribution in [2.75, 3.05) is 7.11 Å². The van der Waals surface area contributed by atoms with E-state index in [9.17, 15) is 0 Å². The third-order valence-corrected chi connectivity index (χ3v) is 6.38. The fraction of sp³-hybridized carbons (Fsp3) is 0.667. The molecule has 122 valence electrons. The van der Waals surface area contributed by atoms with Crippen LogP contribution in [-0.2, 0) is 16.1 Å². The van der Waals surface area contributed by atoms with E-state index in [1.54, 1.807) is 7.11 Å². The summed E-state index contributed by atoms with van der Waals surface area (Å²) in [6.45, 7) is 7.27. The predicted molar refractivity (Wildman–Crippen MR) is 90.6 cm³/mol. The second-order valence-corrected chi connectivity index (χ2v) is 8.16. The number of hydrogen-bond acceptors (Lipinski definition) is 3. The Kier molecular flexibility index (Phi) is 4.30. The molecule has 4 heteroatoms. The van der Waals surface area contributed by atoms with Crippen LogP contribution in [0.25, 0.3) is 0 Å². The maximum Gasteiger partial charge on any atom is 0.119 e. The van der Waals surface area contributed by atoms with Crippen molar-refractivity contribution in [2.45, 2.75) is 62.4 Å². The van der Waals surface area contributed by atoms with Crippen LogP contribution in [0.1, 0.15) is 39.2 Å². The van der Waals surface area contributed by atoms with Gasteiger partial charge in [-0.3, -0.25) is 0 Å². The molecule has 2 aliphatic heterocycles. The van der Waals surface area contributed by atoms with Crippen molar-refractivity contribution in [1.29, 1.82) is 0 Å². The quantitative estimate of drug-likeness (QED) is 0.724. The van der Waals surface area contributed by atoms with Gasteiger partial charge in [0.05, 0.1) is 31.0 Å². The molecule has 1 aromatic rings. The van der Waals surface area contributed by atoms with Gasteiger partial charge in [-0.15, -0.1) is 0 Å². The van der Waals surface area contributed by atoms with E-state index >= 15 is 0 Å². The molecular formula is C18H25BrO3. The van der Waals surface area contributed by atoms with Gasteiger partial charge >= 0.3 is 0 Å². The molecule has 0 saturated carbocycles. The molecule has 0 amide bonds. The Labute approximate surface area is 141 Å². The van der Waals surface area contributed by atoms with Gasteiger partial charge in [-0.1, -0.05) is 41.9 Å². The number of hydrogen-bond donors (Lipinski definition) is 0. The molecule has 2 heterocycles. The minimum Gasteiger partial charge on any atom is -0.497 e. The largest absolute Gasteiger partial charge is 0.497 e. The molecule has 2 saturated heterocycles. The first-order chi connectivity index (χ1) is 10.4. The summed E-state index contributed by atoms with van der Waals surface area (Å²) < 4.78 is 18.0. The monoisotopic (exact) mass is 368 g/mol. The lowest BCUT2D eigenvalue weighted by atomic mass is 9.75. The van der Waals surface area contributed by atoms with Crippen molar-refractivity contribution in [1.82, 2.24) is 0 Å². The van der Waals surface area contributed by atoms with Gasteiger partial charge in [-0.25, -0.2) is 0 Å². The highest BCUT2D eigenvalue weighted by Gasteiger charge is 2.65. The maximum atomic E-state index is 6.47. The van der Waals surface area contributed by atoms with Gasteiger partial charge in [0.15, 0.2) is 0 Å². The lowest BCUT2D eigenvalue weighted by molar-refractivity contribution is -0.0955. The number of methoxy groups -OCH3 is 1. The van der Waals surface area contributed by atoms with Crippen LogP contribution in [0.15, 0.2) is 24.3 Å². The Morgan fingerprint density at radius 3 is 2.77 bits per heavy atom. The number of ether oxygens (including phenoxy) is 3. The molecule has 0 spiro atoms. The van der Waals surface area contributed by atoms with Crippen molar-refractivity contribution in [3.8, 4) is 5.75 Å². The topological polar surface area (TPSA) is 27.7 Å². The molecule has 0 radical (unpaired) electrons. The highest BCUT2D eigenvalue weighted by Crippen LogP contribution is 2.57. The fourth-order valence-corrected chi connectivity index (χ4v) is 5.30. The first-order valence-electron chi connectivity index (χ1n) is 7.98. The first-order valence-corrected chi connectivity index (χ1v) is 8.90. The predicted octanol–water partition coefficient (Wildman–Crippen LogP) is 4.32. The minimum absolute atomic E-state index is 0.0895. The lowest BCUT2D eigenvalue weighted by Gasteiger charge is -2.35. The van der Waals surface area contributed by atoms with Crippen molar-refractivity contribution in [3.63, 3.8) is 0 Å². The number of halogens is 1. The number of alkyl halides is 1. The summed E-state index contributed by atoms with van der Waals surface area (Å²) in [6.07, 6.45) is 2.12. The van der Waals surface area contributed by atoms with Gasteiger partial charge in [0.25, 0.3) is 0 Å². The first kappa shape index (κ1) is 16.3. The second kappa shape index (κ2) is 5.81. The zero-order valence-electron chi connectivity index (χ0n) is 13.8. The molecule has 22 heavy (non-hydrogen) atoms. The van der Waals surface area contributed by atoms with Gasteiger partial charge < -0.3 is 14.2 Å². The summed E-state index contributed by atoms with van der Waals surface area (Å²) in [4.78, 5) is 0.418. The van der Waals surface area contributed by atoms with E-state index in [-0.39, 0.29) is 17.3 Å². The molecule has 2 bridgehead atoms. The molecule has 3 nitrogen and oxygen atoms in total. The molecule has 1 aromatic carbocycles. The van der Waals surface area contributed by atoms with E-state index < -0.39 is 0 Å². The van der Waals surface area contributed by atoms with E-state index in [4.69, 9.17) is 14.2 Å². The number of benzene rings is 1. The van der Waals surface area contributed by atoms with Crippen LogP contribution in [0, 0.1) is 5.92 Å². The van der Waals surface area contributed by atoms with Crippen LogP contribution < -0.4 is 4.74 Å². The molecule has 0 unspecified atom stereocenters. The van der Waals surface area contributed by atoms with Crippen LogP contribution in [-0.4, -0.2) is 29.2 Å². The Morgan fingerprint density at radius 1 is 1.36 bits per heavy atom. The molecule has 2 aliphatic rings. The van der Waals surface area contributed by atoms with Crippen LogP contribution in [0.3, 0.4) is 0 Å². The summed E-state index contributed by atoms with van der Waals surface area (Å²) in [6, 6.07) is 8.06. The minimum atomic E-state index is -0.183. The summed E-state index contributed by atoms with van der Waals surface area (Å²) >= 11 is 3.83. The average Bonchev–Trinajstić information content (AvgIpc) is 2.93. The third-order valence-electron chi connectivity index (χ3n) is 5.29. The Balaban J connectivity index is 1.69. The van der Waals surface area contributed by atoms with Crippen molar-refractivity contribution >= 4 is 15.9 Å². The average molecular weight is 369 g/mol. The summed E-state index contributed by atoms with van der Waals surface area (Å²) in [7, 11) is 1.69. The van der Waals surface area contributed by atoms with Gasteiger partial charge in [-0.05, 0) is 37.0 Å². The van der Waals surface area contributed by atoms with Gasteiger partial charge in [0.1, 0.15) is 5.75 Å². The molecule has 0 N–H and O–H groups in total. The SMILES string of the molecule is COc1cccc(CO[C@@H]2C[C@]3(C(C)C)O[C@@]2(C)C[C@@H]3Br)c1. The summed E-state index contributed by atoms with van der Waals surface area (Å²) in [5, 5.41) is 0. The van der Waals surface area contributed by atoms with Crippen molar-refractivity contribution in [3.05, 3.63) is 29.8 Å². The van der Waals surface area contributed by atoms with Gasteiger partial charge in [-0.2, -0.15) is 0 Å². The number of rotatable bonds is 5. The number of fused-ring (bicyclic) bond motifs is 2. The Morgan fingerprint density at radius 2 is 2.14 bits per heavy atom. The van der Waals surface area contributed by atoms with E-state index in [2.05, 4.69) is 42.8 Å². The van der Waals surface area contributed by atoms with Gasteiger partial charge in [0, 0.05) is 11.2 Å². The molecule has 0 aliphatic carbocycles. The van der Waals surface area contributed by atoms with Crippen molar-refractivity contribution < 1.29 is 14.2 Å². The molecular weight excluding hydrogens is 344 g/mol. The molecule has 4 atom stereocenters. The Hall–Kier alpha value is -0.580. The van der Waals surface area contributed by atoms with Gasteiger partial charge in [0.2, 0.25) is 0 Å². The molecule has 3 rings (SSSR count). The zero-order valence-corrected chi connectivity index (χ0v) is 15.4. The second-order valence-electron chi connectivity index (χ2n) is 7.05. The highest BCUT2D eigenvalue weighted by molar-refractivity contribution is 9.09. The van der Waals surface area contributed by atoms with Crippen molar-refractivity contribution in [2.24, 2.45) is 5.92 Å². The highest BCUT2D eigenvalue weighted by atomic mass is 79.9. The summed E-state index contributed by atoms with van der Waals surface area (Å²) in [5.74, 6) is 1.35.